The molecule has 0 aliphatic rings. The van der Waals surface area contributed by atoms with E-state index in [-0.39, 0.29) is 18.8 Å². The van der Waals surface area contributed by atoms with Crippen molar-refractivity contribution >= 4 is 18.4 Å². The van der Waals surface area contributed by atoms with Gasteiger partial charge in [-0.3, -0.25) is 4.79 Å². The molecule has 0 saturated carbocycles. The fraction of sp³-hybridized carbons (Fsp3) is 0.333. The van der Waals surface area contributed by atoms with Crippen molar-refractivity contribution in [1.82, 2.24) is 4.98 Å². The van der Waals surface area contributed by atoms with E-state index in [1.54, 1.807) is 0 Å². The highest BCUT2D eigenvalue weighted by Gasteiger charge is 2.12. The van der Waals surface area contributed by atoms with E-state index < -0.39 is 12.0 Å². The minimum atomic E-state index is -0.950. The number of carbonyl (C=O) groups is 1. The van der Waals surface area contributed by atoms with Gasteiger partial charge in [-0.25, -0.2) is 4.98 Å². The number of aliphatic carboxylic acids is 1. The number of carboxylic acid groups (broad SMARTS) is 1. The normalized spacial score (nSPS) is 11.8. The van der Waals surface area contributed by atoms with Gasteiger partial charge in [0.15, 0.2) is 6.39 Å². The van der Waals surface area contributed by atoms with Gasteiger partial charge in [0, 0.05) is 0 Å². The van der Waals surface area contributed by atoms with Crippen LogP contribution in [0.5, 0.6) is 0 Å². The summed E-state index contributed by atoms with van der Waals surface area (Å²) in [5, 5.41) is 8.34. The monoisotopic (exact) mass is 192 g/mol. The minimum Gasteiger partial charge on any atom is -0.481 e. The van der Waals surface area contributed by atoms with Crippen LogP contribution < -0.4 is 5.73 Å². The predicted octanol–water partition coefficient (Wildman–Crippen LogP) is 0.571. The lowest BCUT2D eigenvalue weighted by molar-refractivity contribution is -0.137. The largest absolute Gasteiger partial charge is 0.481 e. The molecule has 1 atom stereocenters. The molecule has 0 unspecified atom stereocenters. The van der Waals surface area contributed by atoms with Crippen LogP contribution >= 0.6 is 12.4 Å². The molecule has 1 heterocycles. The summed E-state index contributed by atoms with van der Waals surface area (Å²) in [6.07, 6.45) is 2.49. The quantitative estimate of drug-likeness (QED) is 0.731. The number of nitrogens with two attached hydrogens (primary N) is 1. The van der Waals surface area contributed by atoms with Crippen molar-refractivity contribution in [2.24, 2.45) is 5.73 Å². The van der Waals surface area contributed by atoms with Crippen LogP contribution in [0.3, 0.4) is 0 Å². The molecule has 5 nitrogen and oxygen atoms in total. The second-order valence-corrected chi connectivity index (χ2v) is 2.11. The summed E-state index contributed by atoms with van der Waals surface area (Å²) >= 11 is 0. The average Bonchev–Trinajstić information content (AvgIpc) is 2.35. The van der Waals surface area contributed by atoms with Crippen LogP contribution in [-0.4, -0.2) is 16.1 Å². The lowest BCUT2D eigenvalue weighted by Crippen LogP contribution is -2.14. The van der Waals surface area contributed by atoms with Crippen molar-refractivity contribution in [3.63, 3.8) is 0 Å². The predicted molar refractivity (Wildman–Crippen MR) is 42.9 cm³/mol. The van der Waals surface area contributed by atoms with E-state index in [1.165, 1.54) is 12.6 Å². The van der Waals surface area contributed by atoms with E-state index in [4.69, 9.17) is 15.3 Å². The van der Waals surface area contributed by atoms with E-state index in [9.17, 15) is 4.79 Å². The van der Waals surface area contributed by atoms with E-state index in [1.807, 2.05) is 0 Å². The molecule has 12 heavy (non-hydrogen) atoms. The van der Waals surface area contributed by atoms with Crippen molar-refractivity contribution < 1.29 is 14.3 Å². The first-order valence-electron chi connectivity index (χ1n) is 3.06. The number of halogens is 1. The van der Waals surface area contributed by atoms with Gasteiger partial charge in [0.05, 0.1) is 18.7 Å². The summed E-state index contributed by atoms with van der Waals surface area (Å²) in [7, 11) is 0. The number of aromatic nitrogens is 1. The van der Waals surface area contributed by atoms with Crippen LogP contribution in [0.2, 0.25) is 0 Å². The summed E-state index contributed by atoms with van der Waals surface area (Å²) in [5.41, 5.74) is 5.43. The molecular formula is C6H9ClN2O3. The second kappa shape index (κ2) is 4.74. The fourth-order valence-corrected chi connectivity index (χ4v) is 0.697. The molecular weight excluding hydrogens is 184 g/mol. The van der Waals surface area contributed by atoms with Gasteiger partial charge >= 0.3 is 5.97 Å². The standard InChI is InChI=1S/C6H8N2O3.ClH/c7-4(1-6(9)10)5-2-8-3-11-5;/h2-4H,1,7H2,(H,9,10);1H/t4-;/m0./s1. The van der Waals surface area contributed by atoms with Gasteiger partial charge in [0.25, 0.3) is 0 Å². The zero-order chi connectivity index (χ0) is 8.27. The molecule has 1 rings (SSSR count). The Bertz CT molecular complexity index is 237. The number of carboxylic acids is 1. The lowest BCUT2D eigenvalue weighted by atomic mass is 10.2. The van der Waals surface area contributed by atoms with Crippen LogP contribution in [-0.2, 0) is 4.79 Å². The molecule has 0 amide bonds. The number of oxazole rings is 1. The van der Waals surface area contributed by atoms with E-state index in [0.29, 0.717) is 5.76 Å². The molecule has 1 aromatic heterocycles. The van der Waals surface area contributed by atoms with Crippen molar-refractivity contribution in [3.8, 4) is 0 Å². The van der Waals surface area contributed by atoms with Crippen LogP contribution in [0, 0.1) is 0 Å². The smallest absolute Gasteiger partial charge is 0.305 e. The Morgan fingerprint density at radius 2 is 2.50 bits per heavy atom. The van der Waals surface area contributed by atoms with Crippen LogP contribution in [0.1, 0.15) is 18.2 Å². The van der Waals surface area contributed by atoms with Gasteiger partial charge in [0.1, 0.15) is 5.76 Å². The van der Waals surface area contributed by atoms with Gasteiger partial charge in [-0.2, -0.15) is 0 Å². The highest BCUT2D eigenvalue weighted by atomic mass is 35.5. The molecule has 1 aromatic rings. The molecule has 0 aromatic carbocycles. The third kappa shape index (κ3) is 2.89. The Balaban J connectivity index is 0.00000121. The van der Waals surface area contributed by atoms with E-state index >= 15 is 0 Å². The summed E-state index contributed by atoms with van der Waals surface area (Å²) in [5.74, 6) is -0.554. The summed E-state index contributed by atoms with van der Waals surface area (Å²) in [6.45, 7) is 0. The third-order valence-electron chi connectivity index (χ3n) is 1.21. The molecule has 0 spiro atoms. The Kier molecular flexibility index (Phi) is 4.31. The number of rotatable bonds is 3. The molecule has 3 N–H and O–H groups in total. The maximum atomic E-state index is 10.2. The van der Waals surface area contributed by atoms with Crippen molar-refractivity contribution in [3.05, 3.63) is 18.4 Å². The molecule has 0 aliphatic carbocycles. The Morgan fingerprint density at radius 1 is 1.83 bits per heavy atom. The lowest BCUT2D eigenvalue weighted by Gasteiger charge is -2.02. The highest BCUT2D eigenvalue weighted by Crippen LogP contribution is 2.11. The van der Waals surface area contributed by atoms with E-state index in [2.05, 4.69) is 4.98 Å². The van der Waals surface area contributed by atoms with Gasteiger partial charge < -0.3 is 15.3 Å². The van der Waals surface area contributed by atoms with Crippen molar-refractivity contribution in [1.29, 1.82) is 0 Å². The zero-order valence-corrected chi connectivity index (χ0v) is 6.95. The van der Waals surface area contributed by atoms with Crippen LogP contribution in [0.25, 0.3) is 0 Å². The van der Waals surface area contributed by atoms with Gasteiger partial charge in [-0.1, -0.05) is 0 Å². The van der Waals surface area contributed by atoms with Gasteiger partial charge in [-0.15, -0.1) is 12.4 Å². The summed E-state index contributed by atoms with van der Waals surface area (Å²) in [6, 6.07) is -0.602. The molecule has 68 valence electrons. The minimum absolute atomic E-state index is 0. The summed E-state index contributed by atoms with van der Waals surface area (Å²) < 4.78 is 4.80. The maximum Gasteiger partial charge on any atom is 0.305 e. The topological polar surface area (TPSA) is 89.4 Å². The molecule has 0 radical (unpaired) electrons. The van der Waals surface area contributed by atoms with Crippen molar-refractivity contribution in [2.75, 3.05) is 0 Å². The van der Waals surface area contributed by atoms with E-state index in [0.717, 1.165) is 0 Å². The number of hydrogen-bond acceptors (Lipinski definition) is 4. The highest BCUT2D eigenvalue weighted by molar-refractivity contribution is 5.85. The third-order valence-corrected chi connectivity index (χ3v) is 1.21. The fourth-order valence-electron chi connectivity index (χ4n) is 0.697. The van der Waals surface area contributed by atoms with Crippen LogP contribution in [0.4, 0.5) is 0 Å². The molecule has 6 heteroatoms. The first kappa shape index (κ1) is 10.9. The first-order chi connectivity index (χ1) is 5.20. The number of hydrogen-bond donors (Lipinski definition) is 2. The first-order valence-corrected chi connectivity index (χ1v) is 3.06. The second-order valence-electron chi connectivity index (χ2n) is 2.11. The van der Waals surface area contributed by atoms with Crippen molar-refractivity contribution in [2.45, 2.75) is 12.5 Å². The zero-order valence-electron chi connectivity index (χ0n) is 6.14. The Labute approximate surface area is 75.0 Å². The summed E-state index contributed by atoms with van der Waals surface area (Å²) in [4.78, 5) is 13.8. The SMILES string of the molecule is Cl.N[C@@H](CC(=O)O)c1cnco1. The Morgan fingerprint density at radius 3 is 2.92 bits per heavy atom. The maximum absolute atomic E-state index is 10.2. The van der Waals surface area contributed by atoms with Gasteiger partial charge in [0.2, 0.25) is 0 Å². The number of nitrogens with zero attached hydrogens (tertiary/aromatic N) is 1. The van der Waals surface area contributed by atoms with Crippen LogP contribution in [0.15, 0.2) is 17.0 Å². The molecule has 0 saturated heterocycles. The molecule has 0 fully saturated rings. The molecule has 0 bridgehead atoms. The average molecular weight is 193 g/mol. The van der Waals surface area contributed by atoms with Gasteiger partial charge in [-0.05, 0) is 0 Å². The Hall–Kier alpha value is -1.07. The molecule has 0 aliphatic heterocycles.